The number of benzene rings is 2. The molecule has 1 fully saturated rings. The van der Waals surface area contributed by atoms with E-state index in [1.165, 1.54) is 11.3 Å². The number of rotatable bonds is 8. The first-order valence-corrected chi connectivity index (χ1v) is 9.98. The van der Waals surface area contributed by atoms with E-state index in [0.29, 0.717) is 19.7 Å². The lowest BCUT2D eigenvalue weighted by molar-refractivity contribution is 0.122. The zero-order valence-electron chi connectivity index (χ0n) is 17.1. The van der Waals surface area contributed by atoms with Crippen LogP contribution in [0.25, 0.3) is 0 Å². The first kappa shape index (κ1) is 20.7. The van der Waals surface area contributed by atoms with E-state index >= 15 is 0 Å². The third-order valence-electron chi connectivity index (χ3n) is 4.77. The Morgan fingerprint density at radius 3 is 2.55 bits per heavy atom. The van der Waals surface area contributed by atoms with Gasteiger partial charge in [-0.3, -0.25) is 4.99 Å². The van der Waals surface area contributed by atoms with Gasteiger partial charge >= 0.3 is 0 Å². The van der Waals surface area contributed by atoms with Gasteiger partial charge < -0.3 is 25.0 Å². The van der Waals surface area contributed by atoms with E-state index in [1.807, 2.05) is 24.3 Å². The van der Waals surface area contributed by atoms with Crippen LogP contribution in [0.1, 0.15) is 11.1 Å². The average molecular weight is 395 g/mol. The monoisotopic (exact) mass is 394 g/mol. The summed E-state index contributed by atoms with van der Waals surface area (Å²) in [5, 5.41) is 6.71. The SMILES string of the molecule is C=CCOc1ccccc1CNC(=NC)NCc1ccc(N2CCOCC2)cc1. The smallest absolute Gasteiger partial charge is 0.191 e. The summed E-state index contributed by atoms with van der Waals surface area (Å²) in [4.78, 5) is 6.67. The molecule has 1 aliphatic rings. The van der Waals surface area contributed by atoms with Crippen molar-refractivity contribution in [2.75, 3.05) is 44.9 Å². The normalized spacial score (nSPS) is 14.4. The molecule has 0 amide bonds. The van der Waals surface area contributed by atoms with Crippen molar-refractivity contribution in [3.05, 3.63) is 72.3 Å². The molecule has 6 heteroatoms. The number of nitrogens with one attached hydrogen (secondary N) is 2. The molecule has 6 nitrogen and oxygen atoms in total. The highest BCUT2D eigenvalue weighted by Gasteiger charge is 2.11. The summed E-state index contributed by atoms with van der Waals surface area (Å²) in [6, 6.07) is 16.6. The summed E-state index contributed by atoms with van der Waals surface area (Å²) >= 11 is 0. The van der Waals surface area contributed by atoms with Gasteiger partial charge in [-0.25, -0.2) is 0 Å². The maximum Gasteiger partial charge on any atom is 0.191 e. The third-order valence-corrected chi connectivity index (χ3v) is 4.77. The molecule has 2 aromatic rings. The van der Waals surface area contributed by atoms with Gasteiger partial charge in [0.05, 0.1) is 13.2 Å². The lowest BCUT2D eigenvalue weighted by atomic mass is 10.2. The molecule has 154 valence electrons. The van der Waals surface area contributed by atoms with Crippen LogP contribution in [0.4, 0.5) is 5.69 Å². The van der Waals surface area contributed by atoms with Crippen molar-refractivity contribution in [2.45, 2.75) is 13.1 Å². The lowest BCUT2D eigenvalue weighted by Crippen LogP contribution is -2.36. The standard InChI is InChI=1S/C23H30N4O2/c1-3-14-29-22-7-5-4-6-20(22)18-26-23(24-2)25-17-19-8-10-21(11-9-19)27-12-15-28-16-13-27/h3-11H,1,12-18H2,2H3,(H2,24,25,26). The predicted molar refractivity (Wildman–Crippen MR) is 119 cm³/mol. The van der Waals surface area contributed by atoms with Gasteiger partial charge in [0.15, 0.2) is 5.96 Å². The number of anilines is 1. The molecule has 0 spiro atoms. The van der Waals surface area contributed by atoms with Gasteiger partial charge in [0.25, 0.3) is 0 Å². The van der Waals surface area contributed by atoms with Crippen molar-refractivity contribution in [2.24, 2.45) is 4.99 Å². The van der Waals surface area contributed by atoms with Crippen molar-refractivity contribution < 1.29 is 9.47 Å². The van der Waals surface area contributed by atoms with Crippen LogP contribution in [0.2, 0.25) is 0 Å². The van der Waals surface area contributed by atoms with Crippen molar-refractivity contribution in [3.8, 4) is 5.75 Å². The second kappa shape index (κ2) is 11.1. The number of hydrogen-bond acceptors (Lipinski definition) is 4. The highest BCUT2D eigenvalue weighted by molar-refractivity contribution is 5.79. The van der Waals surface area contributed by atoms with E-state index in [1.54, 1.807) is 13.1 Å². The summed E-state index contributed by atoms with van der Waals surface area (Å²) in [5.74, 6) is 1.61. The summed E-state index contributed by atoms with van der Waals surface area (Å²) in [6.07, 6.45) is 1.75. The maximum absolute atomic E-state index is 5.71. The fourth-order valence-corrected chi connectivity index (χ4v) is 3.17. The molecule has 0 aliphatic carbocycles. The zero-order chi connectivity index (χ0) is 20.3. The minimum Gasteiger partial charge on any atom is -0.489 e. The molecule has 0 saturated carbocycles. The first-order valence-electron chi connectivity index (χ1n) is 9.98. The molecule has 0 atom stereocenters. The fraction of sp³-hybridized carbons (Fsp3) is 0.348. The summed E-state index contributed by atoms with van der Waals surface area (Å²) in [7, 11) is 1.77. The molecule has 2 N–H and O–H groups in total. The van der Waals surface area contributed by atoms with Crippen LogP contribution in [0.15, 0.2) is 66.2 Å². The van der Waals surface area contributed by atoms with Gasteiger partial charge in [0.1, 0.15) is 12.4 Å². The fourth-order valence-electron chi connectivity index (χ4n) is 3.17. The van der Waals surface area contributed by atoms with Crippen LogP contribution in [0, 0.1) is 0 Å². The Labute approximate surface area is 173 Å². The van der Waals surface area contributed by atoms with Gasteiger partial charge in [-0.2, -0.15) is 0 Å². The van der Waals surface area contributed by atoms with Crippen molar-refractivity contribution in [1.82, 2.24) is 10.6 Å². The van der Waals surface area contributed by atoms with Gasteiger partial charge in [-0.15, -0.1) is 0 Å². The third kappa shape index (κ3) is 6.26. The number of morpholine rings is 1. The molecular weight excluding hydrogens is 364 g/mol. The minimum absolute atomic E-state index is 0.491. The van der Waals surface area contributed by atoms with Crippen LogP contribution >= 0.6 is 0 Å². The largest absolute Gasteiger partial charge is 0.489 e. The van der Waals surface area contributed by atoms with Crippen LogP contribution < -0.4 is 20.3 Å². The number of ether oxygens (including phenoxy) is 2. The molecule has 29 heavy (non-hydrogen) atoms. The summed E-state index contributed by atoms with van der Waals surface area (Å²) in [5.41, 5.74) is 3.53. The Kier molecular flexibility index (Phi) is 7.95. The Morgan fingerprint density at radius 2 is 1.83 bits per heavy atom. The molecule has 1 saturated heterocycles. The van der Waals surface area contributed by atoms with E-state index in [2.05, 4.69) is 51.4 Å². The Bertz CT molecular complexity index is 799. The molecular formula is C23H30N4O2. The summed E-state index contributed by atoms with van der Waals surface area (Å²) < 4.78 is 11.1. The molecule has 1 heterocycles. The highest BCUT2D eigenvalue weighted by atomic mass is 16.5. The van der Waals surface area contributed by atoms with Crippen molar-refractivity contribution >= 4 is 11.6 Å². The highest BCUT2D eigenvalue weighted by Crippen LogP contribution is 2.18. The molecule has 0 aromatic heterocycles. The summed E-state index contributed by atoms with van der Waals surface area (Å²) in [6.45, 7) is 9.02. The predicted octanol–water partition coefficient (Wildman–Crippen LogP) is 2.95. The number of hydrogen-bond donors (Lipinski definition) is 2. The molecule has 0 unspecified atom stereocenters. The van der Waals surface area contributed by atoms with Gasteiger partial charge in [-0.1, -0.05) is 43.0 Å². The van der Waals surface area contributed by atoms with E-state index in [4.69, 9.17) is 9.47 Å². The Hall–Kier alpha value is -2.99. The molecule has 0 radical (unpaired) electrons. The molecule has 2 aromatic carbocycles. The average Bonchev–Trinajstić information content (AvgIpc) is 2.79. The number of nitrogens with zero attached hydrogens (tertiary/aromatic N) is 2. The second-order valence-corrected chi connectivity index (χ2v) is 6.75. The van der Waals surface area contributed by atoms with Crippen LogP contribution in [-0.2, 0) is 17.8 Å². The zero-order valence-corrected chi connectivity index (χ0v) is 17.1. The topological polar surface area (TPSA) is 58.1 Å². The molecule has 1 aliphatic heterocycles. The molecule has 3 rings (SSSR count). The minimum atomic E-state index is 0.491. The van der Waals surface area contributed by atoms with Crippen LogP contribution in [0.3, 0.4) is 0 Å². The quantitative estimate of drug-likeness (QED) is 0.410. The maximum atomic E-state index is 5.71. The van der Waals surface area contributed by atoms with Crippen LogP contribution in [-0.4, -0.2) is 45.9 Å². The Balaban J connectivity index is 1.50. The number of aliphatic imine (C=N–C) groups is 1. The molecule has 0 bridgehead atoms. The van der Waals surface area contributed by atoms with E-state index in [-0.39, 0.29) is 0 Å². The van der Waals surface area contributed by atoms with Crippen LogP contribution in [0.5, 0.6) is 5.75 Å². The van der Waals surface area contributed by atoms with Gasteiger partial charge in [0, 0.05) is 44.5 Å². The number of para-hydroxylation sites is 1. The lowest BCUT2D eigenvalue weighted by Gasteiger charge is -2.28. The van der Waals surface area contributed by atoms with E-state index in [0.717, 1.165) is 43.6 Å². The van der Waals surface area contributed by atoms with Crippen molar-refractivity contribution in [1.29, 1.82) is 0 Å². The van der Waals surface area contributed by atoms with Gasteiger partial charge in [0.2, 0.25) is 0 Å². The second-order valence-electron chi connectivity index (χ2n) is 6.75. The van der Waals surface area contributed by atoms with E-state index < -0.39 is 0 Å². The Morgan fingerprint density at radius 1 is 1.10 bits per heavy atom. The number of guanidine groups is 1. The van der Waals surface area contributed by atoms with E-state index in [9.17, 15) is 0 Å². The van der Waals surface area contributed by atoms with Gasteiger partial charge in [-0.05, 0) is 23.8 Å². The first-order chi connectivity index (χ1) is 14.3. The van der Waals surface area contributed by atoms with Crippen molar-refractivity contribution in [3.63, 3.8) is 0 Å².